The van der Waals surface area contributed by atoms with E-state index < -0.39 is 5.97 Å². The molecule has 0 unspecified atom stereocenters. The number of hydrogen-bond donors (Lipinski definition) is 0. The molecule has 170 valence electrons. The van der Waals surface area contributed by atoms with Gasteiger partial charge in [-0.3, -0.25) is 4.79 Å². The lowest BCUT2D eigenvalue weighted by molar-refractivity contribution is -0.122. The molecule has 3 aromatic carbocycles. The Bertz CT molecular complexity index is 1350. The highest BCUT2D eigenvalue weighted by molar-refractivity contribution is 6.30. The molecule has 1 aliphatic heterocycles. The Balaban J connectivity index is 1.40. The summed E-state index contributed by atoms with van der Waals surface area (Å²) in [6, 6.07) is 24.4. The molecule has 34 heavy (non-hydrogen) atoms. The molecule has 0 radical (unpaired) electrons. The Morgan fingerprint density at radius 1 is 1.00 bits per heavy atom. The number of fused-ring (bicyclic) bond motifs is 1. The van der Waals surface area contributed by atoms with Gasteiger partial charge in [0.1, 0.15) is 11.3 Å². The number of amides is 1. The fourth-order valence-corrected chi connectivity index (χ4v) is 4.40. The second-order valence-corrected chi connectivity index (χ2v) is 8.64. The van der Waals surface area contributed by atoms with Gasteiger partial charge in [-0.25, -0.2) is 9.48 Å². The molecule has 0 saturated heterocycles. The monoisotopic (exact) mass is 471 g/mol. The van der Waals surface area contributed by atoms with Crippen LogP contribution < -0.4 is 4.90 Å². The summed E-state index contributed by atoms with van der Waals surface area (Å²) < 4.78 is 7.12. The molecule has 1 amide bonds. The molecule has 6 nitrogen and oxygen atoms in total. The summed E-state index contributed by atoms with van der Waals surface area (Å²) in [6.45, 7) is 1.64. The fourth-order valence-electron chi connectivity index (χ4n) is 4.28. The van der Waals surface area contributed by atoms with Crippen LogP contribution in [0.3, 0.4) is 0 Å². The molecule has 5 rings (SSSR count). The van der Waals surface area contributed by atoms with Gasteiger partial charge in [0.2, 0.25) is 0 Å². The first-order valence-electron chi connectivity index (χ1n) is 11.0. The Labute approximate surface area is 202 Å². The third-order valence-corrected chi connectivity index (χ3v) is 6.13. The van der Waals surface area contributed by atoms with Crippen molar-refractivity contribution >= 4 is 29.2 Å². The van der Waals surface area contributed by atoms with Gasteiger partial charge >= 0.3 is 5.97 Å². The third-order valence-electron chi connectivity index (χ3n) is 5.88. The second kappa shape index (κ2) is 9.15. The molecule has 1 aliphatic rings. The maximum atomic E-state index is 13.1. The molecule has 2 heterocycles. The number of hydrogen-bond acceptors (Lipinski definition) is 4. The topological polar surface area (TPSA) is 64.4 Å². The zero-order valence-corrected chi connectivity index (χ0v) is 19.3. The molecule has 4 aromatic rings. The van der Waals surface area contributed by atoms with E-state index in [1.807, 2.05) is 61.5 Å². The Morgan fingerprint density at radius 2 is 1.71 bits per heavy atom. The summed E-state index contributed by atoms with van der Waals surface area (Å²) in [7, 11) is 0. The molecule has 0 N–H and O–H groups in total. The molecule has 0 fully saturated rings. The Hall–Kier alpha value is -3.90. The smallest absolute Gasteiger partial charge is 0.342 e. The van der Waals surface area contributed by atoms with Crippen LogP contribution in [0.2, 0.25) is 5.02 Å². The summed E-state index contributed by atoms with van der Waals surface area (Å²) >= 11 is 6.04. The van der Waals surface area contributed by atoms with E-state index in [0.717, 1.165) is 28.9 Å². The number of esters is 1. The molecule has 0 aliphatic carbocycles. The van der Waals surface area contributed by atoms with Crippen LogP contribution in [0.15, 0.2) is 85.1 Å². The molecule has 0 bridgehead atoms. The predicted molar refractivity (Wildman–Crippen MR) is 131 cm³/mol. The Kier molecular flexibility index (Phi) is 5.90. The van der Waals surface area contributed by atoms with Crippen LogP contribution in [-0.4, -0.2) is 34.3 Å². The summed E-state index contributed by atoms with van der Waals surface area (Å²) in [6.07, 6.45) is 2.40. The first-order valence-corrected chi connectivity index (χ1v) is 11.4. The van der Waals surface area contributed by atoms with Gasteiger partial charge in [-0.05, 0) is 49.2 Å². The lowest BCUT2D eigenvalue weighted by Crippen LogP contribution is -2.38. The van der Waals surface area contributed by atoms with Crippen molar-refractivity contribution in [3.63, 3.8) is 0 Å². The van der Waals surface area contributed by atoms with Gasteiger partial charge in [0.25, 0.3) is 5.91 Å². The molecule has 0 saturated carbocycles. The number of ether oxygens (including phenoxy) is 1. The number of halogens is 1. The van der Waals surface area contributed by atoms with Crippen LogP contribution in [0.4, 0.5) is 5.69 Å². The minimum Gasteiger partial charge on any atom is -0.452 e. The highest BCUT2D eigenvalue weighted by Gasteiger charge is 2.31. The van der Waals surface area contributed by atoms with E-state index in [1.54, 1.807) is 40.0 Å². The van der Waals surface area contributed by atoms with Crippen LogP contribution in [0.5, 0.6) is 0 Å². The van der Waals surface area contributed by atoms with E-state index in [0.29, 0.717) is 10.7 Å². The third kappa shape index (κ3) is 4.20. The van der Waals surface area contributed by atoms with Crippen molar-refractivity contribution in [2.45, 2.75) is 19.4 Å². The van der Waals surface area contributed by atoms with Crippen LogP contribution >= 0.6 is 11.6 Å². The minimum absolute atomic E-state index is 0.00839. The maximum Gasteiger partial charge on any atom is 0.342 e. The van der Waals surface area contributed by atoms with Gasteiger partial charge < -0.3 is 9.64 Å². The number of rotatable bonds is 5. The first-order chi connectivity index (χ1) is 16.5. The van der Waals surface area contributed by atoms with E-state index in [9.17, 15) is 9.59 Å². The van der Waals surface area contributed by atoms with Gasteiger partial charge in [-0.15, -0.1) is 0 Å². The van der Waals surface area contributed by atoms with Crippen LogP contribution in [0.1, 0.15) is 22.8 Å². The van der Waals surface area contributed by atoms with E-state index >= 15 is 0 Å². The number of para-hydroxylation sites is 2. The number of nitrogens with zero attached hydrogens (tertiary/aromatic N) is 3. The number of benzene rings is 3. The highest BCUT2D eigenvalue weighted by Crippen LogP contribution is 2.32. The van der Waals surface area contributed by atoms with Gasteiger partial charge in [0.05, 0.1) is 5.69 Å². The minimum atomic E-state index is -0.611. The van der Waals surface area contributed by atoms with E-state index in [-0.39, 0.29) is 24.1 Å². The zero-order valence-electron chi connectivity index (χ0n) is 18.5. The summed E-state index contributed by atoms with van der Waals surface area (Å²) in [5.41, 5.74) is 4.24. The molecular weight excluding hydrogens is 450 g/mol. The number of carbonyl (C=O) groups excluding carboxylic acids is 2. The average Bonchev–Trinajstić information content (AvgIpc) is 3.44. The molecule has 1 atom stereocenters. The van der Waals surface area contributed by atoms with E-state index in [1.165, 1.54) is 0 Å². The molecule has 0 spiro atoms. The van der Waals surface area contributed by atoms with Crippen LogP contribution in [-0.2, 0) is 16.0 Å². The van der Waals surface area contributed by atoms with E-state index in [4.69, 9.17) is 16.3 Å². The van der Waals surface area contributed by atoms with Crippen molar-refractivity contribution < 1.29 is 14.3 Å². The van der Waals surface area contributed by atoms with Crippen molar-refractivity contribution in [3.05, 3.63) is 101 Å². The lowest BCUT2D eigenvalue weighted by atomic mass is 10.1. The Morgan fingerprint density at radius 3 is 2.47 bits per heavy atom. The van der Waals surface area contributed by atoms with Gasteiger partial charge in [-0.1, -0.05) is 60.1 Å². The van der Waals surface area contributed by atoms with Crippen LogP contribution in [0, 0.1) is 0 Å². The number of carbonyl (C=O) groups is 2. The predicted octanol–water partition coefficient (Wildman–Crippen LogP) is 5.33. The van der Waals surface area contributed by atoms with Crippen molar-refractivity contribution in [1.29, 1.82) is 0 Å². The van der Waals surface area contributed by atoms with Gasteiger partial charge in [-0.2, -0.15) is 5.10 Å². The number of aromatic nitrogens is 2. The molecule has 7 heteroatoms. The van der Waals surface area contributed by atoms with Gasteiger partial charge in [0, 0.05) is 28.5 Å². The van der Waals surface area contributed by atoms with Crippen molar-refractivity contribution in [2.24, 2.45) is 0 Å². The fraction of sp³-hybridized carbons (Fsp3) is 0.148. The van der Waals surface area contributed by atoms with Crippen molar-refractivity contribution in [3.8, 4) is 16.9 Å². The van der Waals surface area contributed by atoms with Crippen molar-refractivity contribution in [1.82, 2.24) is 9.78 Å². The zero-order chi connectivity index (χ0) is 23.7. The maximum absolute atomic E-state index is 13.1. The second-order valence-electron chi connectivity index (χ2n) is 8.20. The highest BCUT2D eigenvalue weighted by atomic mass is 35.5. The summed E-state index contributed by atoms with van der Waals surface area (Å²) in [4.78, 5) is 27.8. The quantitative estimate of drug-likeness (QED) is 0.369. The first kappa shape index (κ1) is 21.9. The molecule has 1 aromatic heterocycles. The van der Waals surface area contributed by atoms with E-state index in [2.05, 4.69) is 5.10 Å². The average molecular weight is 472 g/mol. The van der Waals surface area contributed by atoms with Gasteiger partial charge in [0.15, 0.2) is 6.61 Å². The normalized spacial score (nSPS) is 14.6. The molecular formula is C27H22ClN3O3. The lowest BCUT2D eigenvalue weighted by Gasteiger charge is -2.22. The van der Waals surface area contributed by atoms with Crippen molar-refractivity contribution in [2.75, 3.05) is 11.5 Å². The SMILES string of the molecule is C[C@H]1Cc2ccccc2N1C(=O)COC(=O)c1cn(-c2ccccc2)nc1-c1ccc(Cl)cc1. The summed E-state index contributed by atoms with van der Waals surface area (Å²) in [5, 5.41) is 5.21. The standard InChI is InChI=1S/C27H22ClN3O3/c1-18-15-20-7-5-6-10-24(20)31(18)25(32)17-34-27(33)23-16-30(22-8-3-2-4-9-22)29-26(23)19-11-13-21(28)14-12-19/h2-14,16,18H,15,17H2,1H3/t18-/m0/s1. The number of anilines is 1. The summed E-state index contributed by atoms with van der Waals surface area (Å²) in [5.74, 6) is -0.866. The van der Waals surface area contributed by atoms with Crippen LogP contribution in [0.25, 0.3) is 16.9 Å². The largest absolute Gasteiger partial charge is 0.452 e.